The van der Waals surface area contributed by atoms with E-state index in [0.717, 1.165) is 12.0 Å². The number of hydrogen-bond acceptors (Lipinski definition) is 3. The first-order chi connectivity index (χ1) is 4.74. The van der Waals surface area contributed by atoms with Crippen molar-refractivity contribution in [3.05, 3.63) is 17.3 Å². The first kappa shape index (κ1) is 6.99. The molecule has 1 aromatic rings. The maximum atomic E-state index is 10.0. The molecule has 0 aliphatic carbocycles. The number of oxazole rings is 1. The van der Waals surface area contributed by atoms with Crippen molar-refractivity contribution >= 4 is 6.29 Å². The van der Waals surface area contributed by atoms with Gasteiger partial charge in [-0.05, 0) is 6.92 Å². The third-order valence-electron chi connectivity index (χ3n) is 1.27. The Morgan fingerprint density at radius 1 is 1.60 bits per heavy atom. The summed E-state index contributed by atoms with van der Waals surface area (Å²) in [7, 11) is 0. The van der Waals surface area contributed by atoms with E-state index in [1.54, 1.807) is 6.92 Å². The molecule has 0 saturated carbocycles. The topological polar surface area (TPSA) is 43.1 Å². The Bertz CT molecular complexity index is 240. The average molecular weight is 139 g/mol. The van der Waals surface area contributed by atoms with Crippen molar-refractivity contribution in [2.24, 2.45) is 0 Å². The Kier molecular flexibility index (Phi) is 1.85. The molecule has 10 heavy (non-hydrogen) atoms. The van der Waals surface area contributed by atoms with Crippen LogP contribution in [0, 0.1) is 13.8 Å². The van der Waals surface area contributed by atoms with Crippen LogP contribution in [0.15, 0.2) is 4.42 Å². The Labute approximate surface area is 59.1 Å². The van der Waals surface area contributed by atoms with Crippen molar-refractivity contribution in [1.82, 2.24) is 4.98 Å². The largest absolute Gasteiger partial charge is 0.445 e. The minimum atomic E-state index is 0.326. The molecule has 1 aromatic heterocycles. The van der Waals surface area contributed by atoms with E-state index < -0.39 is 0 Å². The van der Waals surface area contributed by atoms with Gasteiger partial charge in [-0.15, -0.1) is 0 Å². The fourth-order valence-electron chi connectivity index (χ4n) is 0.839. The number of nitrogens with zero attached hydrogens (tertiary/aromatic N) is 1. The van der Waals surface area contributed by atoms with E-state index in [9.17, 15) is 4.79 Å². The summed E-state index contributed by atoms with van der Waals surface area (Å²) in [6, 6.07) is 0. The van der Waals surface area contributed by atoms with Crippen LogP contribution in [0.3, 0.4) is 0 Å². The summed E-state index contributed by atoms with van der Waals surface area (Å²) in [5, 5.41) is 0. The zero-order valence-corrected chi connectivity index (χ0v) is 6.05. The first-order valence-corrected chi connectivity index (χ1v) is 3.10. The van der Waals surface area contributed by atoms with Crippen molar-refractivity contribution in [2.75, 3.05) is 0 Å². The predicted octanol–water partition coefficient (Wildman–Crippen LogP) is 1.03. The van der Waals surface area contributed by atoms with Gasteiger partial charge in [-0.25, -0.2) is 4.98 Å². The van der Waals surface area contributed by atoms with Gasteiger partial charge in [0, 0.05) is 6.92 Å². The van der Waals surface area contributed by atoms with Gasteiger partial charge in [0.05, 0.1) is 12.1 Å². The van der Waals surface area contributed by atoms with Crippen LogP contribution < -0.4 is 0 Å². The minimum absolute atomic E-state index is 0.326. The molecule has 54 valence electrons. The van der Waals surface area contributed by atoms with Crippen LogP contribution >= 0.6 is 0 Å². The standard InChI is InChI=1S/C7H9NO2/c1-5-7(3-4-9)10-6(2)8-5/h4H,3H2,1-2H3. The lowest BCUT2D eigenvalue weighted by atomic mass is 10.3. The highest BCUT2D eigenvalue weighted by molar-refractivity contribution is 5.53. The molecule has 0 aliphatic heterocycles. The van der Waals surface area contributed by atoms with Crippen molar-refractivity contribution in [1.29, 1.82) is 0 Å². The minimum Gasteiger partial charge on any atom is -0.445 e. The first-order valence-electron chi connectivity index (χ1n) is 3.10. The third-order valence-corrected chi connectivity index (χ3v) is 1.27. The van der Waals surface area contributed by atoms with Gasteiger partial charge < -0.3 is 9.21 Å². The van der Waals surface area contributed by atoms with Gasteiger partial charge in [0.15, 0.2) is 5.89 Å². The van der Waals surface area contributed by atoms with E-state index in [1.165, 1.54) is 0 Å². The van der Waals surface area contributed by atoms with E-state index in [0.29, 0.717) is 18.1 Å². The second-order valence-electron chi connectivity index (χ2n) is 2.11. The van der Waals surface area contributed by atoms with Crippen LogP contribution in [0.25, 0.3) is 0 Å². The lowest BCUT2D eigenvalue weighted by Gasteiger charge is -1.84. The summed E-state index contributed by atoms with van der Waals surface area (Å²) in [6.07, 6.45) is 1.14. The molecule has 0 aromatic carbocycles. The quantitative estimate of drug-likeness (QED) is 0.575. The Hall–Kier alpha value is -1.12. The van der Waals surface area contributed by atoms with Gasteiger partial charge >= 0.3 is 0 Å². The van der Waals surface area contributed by atoms with Gasteiger partial charge in [-0.1, -0.05) is 0 Å². The van der Waals surface area contributed by atoms with E-state index in [1.807, 2.05) is 6.92 Å². The monoisotopic (exact) mass is 139 g/mol. The number of aldehydes is 1. The Morgan fingerprint density at radius 2 is 2.30 bits per heavy atom. The normalized spacial score (nSPS) is 9.80. The van der Waals surface area contributed by atoms with Crippen molar-refractivity contribution in [3.8, 4) is 0 Å². The highest BCUT2D eigenvalue weighted by Gasteiger charge is 2.03. The molecule has 0 aliphatic rings. The van der Waals surface area contributed by atoms with E-state index >= 15 is 0 Å². The molecule has 0 N–H and O–H groups in total. The summed E-state index contributed by atoms with van der Waals surface area (Å²) in [4.78, 5) is 14.1. The smallest absolute Gasteiger partial charge is 0.191 e. The number of aryl methyl sites for hydroxylation is 2. The van der Waals surface area contributed by atoms with Gasteiger partial charge in [0.2, 0.25) is 0 Å². The van der Waals surface area contributed by atoms with Crippen LogP contribution in [0.2, 0.25) is 0 Å². The second-order valence-corrected chi connectivity index (χ2v) is 2.11. The third kappa shape index (κ3) is 1.23. The van der Waals surface area contributed by atoms with E-state index in [2.05, 4.69) is 4.98 Å². The fraction of sp³-hybridized carbons (Fsp3) is 0.429. The predicted molar refractivity (Wildman–Crippen MR) is 35.7 cm³/mol. The molecule has 3 heteroatoms. The van der Waals surface area contributed by atoms with Gasteiger partial charge in [-0.2, -0.15) is 0 Å². The highest BCUT2D eigenvalue weighted by atomic mass is 16.4. The summed E-state index contributed by atoms with van der Waals surface area (Å²) in [5.41, 5.74) is 0.810. The summed E-state index contributed by atoms with van der Waals surface area (Å²) < 4.78 is 5.11. The molecule has 0 radical (unpaired) electrons. The van der Waals surface area contributed by atoms with Gasteiger partial charge in [0.1, 0.15) is 12.0 Å². The summed E-state index contributed by atoms with van der Waals surface area (Å²) >= 11 is 0. The maximum absolute atomic E-state index is 10.0. The number of carbonyl (C=O) groups is 1. The zero-order chi connectivity index (χ0) is 7.56. The number of rotatable bonds is 2. The molecule has 1 heterocycles. The van der Waals surface area contributed by atoms with Crippen LogP contribution in [-0.4, -0.2) is 11.3 Å². The van der Waals surface area contributed by atoms with E-state index in [-0.39, 0.29) is 0 Å². The number of hydrogen-bond donors (Lipinski definition) is 0. The molecule has 0 bridgehead atoms. The lowest BCUT2D eigenvalue weighted by molar-refractivity contribution is -0.107. The molecule has 1 rings (SSSR count). The highest BCUT2D eigenvalue weighted by Crippen LogP contribution is 2.08. The fourth-order valence-corrected chi connectivity index (χ4v) is 0.839. The summed E-state index contributed by atoms with van der Waals surface area (Å²) in [6.45, 7) is 3.59. The average Bonchev–Trinajstić information content (AvgIpc) is 2.13. The number of carbonyl (C=O) groups excluding carboxylic acids is 1. The van der Waals surface area contributed by atoms with Crippen molar-refractivity contribution in [3.63, 3.8) is 0 Å². The van der Waals surface area contributed by atoms with Crippen LogP contribution in [-0.2, 0) is 11.2 Å². The Balaban J connectivity index is 2.91. The van der Waals surface area contributed by atoms with Crippen LogP contribution in [0.4, 0.5) is 0 Å². The maximum Gasteiger partial charge on any atom is 0.191 e. The van der Waals surface area contributed by atoms with Crippen molar-refractivity contribution in [2.45, 2.75) is 20.3 Å². The summed E-state index contributed by atoms with van der Waals surface area (Å²) in [5.74, 6) is 1.29. The van der Waals surface area contributed by atoms with Crippen LogP contribution in [0.5, 0.6) is 0 Å². The van der Waals surface area contributed by atoms with Crippen LogP contribution in [0.1, 0.15) is 17.3 Å². The molecule has 0 saturated heterocycles. The molecular weight excluding hydrogens is 130 g/mol. The molecule has 0 amide bonds. The van der Waals surface area contributed by atoms with Crippen molar-refractivity contribution < 1.29 is 9.21 Å². The SMILES string of the molecule is Cc1nc(C)c(CC=O)o1. The number of aromatic nitrogens is 1. The van der Waals surface area contributed by atoms with Gasteiger partial charge in [-0.3, -0.25) is 0 Å². The van der Waals surface area contributed by atoms with Gasteiger partial charge in [0.25, 0.3) is 0 Å². The molecule has 3 nitrogen and oxygen atoms in total. The lowest BCUT2D eigenvalue weighted by Crippen LogP contribution is -1.84. The second kappa shape index (κ2) is 2.64. The molecule has 0 fully saturated rings. The molecule has 0 spiro atoms. The molecule has 0 atom stereocenters. The molecule has 0 unspecified atom stereocenters. The molecular formula is C7H9NO2. The van der Waals surface area contributed by atoms with E-state index in [4.69, 9.17) is 4.42 Å². The Morgan fingerprint density at radius 3 is 2.70 bits per heavy atom. The zero-order valence-electron chi connectivity index (χ0n) is 6.05.